The SMILES string of the molecule is COc1ccc(C)c2c1N(C)C(C)C(CN)S2. The van der Waals surface area contributed by atoms with Gasteiger partial charge >= 0.3 is 0 Å². The molecule has 1 aliphatic rings. The van der Waals surface area contributed by atoms with Crippen molar-refractivity contribution in [3.05, 3.63) is 17.7 Å². The summed E-state index contributed by atoms with van der Waals surface area (Å²) in [4.78, 5) is 3.59. The topological polar surface area (TPSA) is 38.5 Å². The predicted octanol–water partition coefficient (Wildman–Crippen LogP) is 2.26. The van der Waals surface area contributed by atoms with Gasteiger partial charge in [-0.2, -0.15) is 0 Å². The number of hydrogen-bond donors (Lipinski definition) is 1. The normalized spacial score (nSPS) is 23.5. The summed E-state index contributed by atoms with van der Waals surface area (Å²) in [6.07, 6.45) is 0. The van der Waals surface area contributed by atoms with Crippen molar-refractivity contribution < 1.29 is 4.74 Å². The van der Waals surface area contributed by atoms with E-state index in [2.05, 4.69) is 31.9 Å². The van der Waals surface area contributed by atoms with E-state index in [4.69, 9.17) is 10.5 Å². The largest absolute Gasteiger partial charge is 0.495 e. The maximum Gasteiger partial charge on any atom is 0.143 e. The highest BCUT2D eigenvalue weighted by Gasteiger charge is 2.32. The van der Waals surface area contributed by atoms with Crippen LogP contribution in [0.4, 0.5) is 5.69 Å². The minimum Gasteiger partial charge on any atom is -0.495 e. The van der Waals surface area contributed by atoms with Crippen LogP contribution in [-0.4, -0.2) is 32.0 Å². The average Bonchev–Trinajstić information content (AvgIpc) is 2.34. The molecule has 1 aliphatic heterocycles. The van der Waals surface area contributed by atoms with Gasteiger partial charge in [0.05, 0.1) is 12.8 Å². The first-order chi connectivity index (χ1) is 8.10. The molecule has 0 saturated heterocycles. The number of thioether (sulfide) groups is 1. The number of methoxy groups -OCH3 is 1. The van der Waals surface area contributed by atoms with Gasteiger partial charge in [-0.25, -0.2) is 0 Å². The Labute approximate surface area is 107 Å². The molecule has 0 fully saturated rings. The number of ether oxygens (including phenoxy) is 1. The van der Waals surface area contributed by atoms with Crippen molar-refractivity contribution in [1.29, 1.82) is 0 Å². The maximum atomic E-state index is 5.85. The minimum absolute atomic E-state index is 0.424. The molecule has 0 aliphatic carbocycles. The van der Waals surface area contributed by atoms with Gasteiger partial charge in [0.2, 0.25) is 0 Å². The van der Waals surface area contributed by atoms with Gasteiger partial charge in [0.1, 0.15) is 5.75 Å². The number of rotatable bonds is 2. The number of hydrogen-bond acceptors (Lipinski definition) is 4. The summed E-state index contributed by atoms with van der Waals surface area (Å²) in [5.74, 6) is 0.947. The molecule has 1 heterocycles. The first-order valence-electron chi connectivity index (χ1n) is 5.87. The Morgan fingerprint density at radius 1 is 1.47 bits per heavy atom. The monoisotopic (exact) mass is 252 g/mol. The van der Waals surface area contributed by atoms with E-state index in [1.807, 2.05) is 17.8 Å². The molecule has 2 atom stereocenters. The molecular formula is C13H20N2OS. The van der Waals surface area contributed by atoms with Crippen LogP contribution >= 0.6 is 11.8 Å². The third kappa shape index (κ3) is 2.00. The Balaban J connectivity index is 2.54. The molecule has 0 saturated carbocycles. The molecule has 94 valence electrons. The second-order valence-electron chi connectivity index (χ2n) is 4.51. The zero-order valence-electron chi connectivity index (χ0n) is 10.9. The van der Waals surface area contributed by atoms with Crippen LogP contribution in [0.25, 0.3) is 0 Å². The molecule has 0 spiro atoms. The van der Waals surface area contributed by atoms with Crippen LogP contribution in [0.3, 0.4) is 0 Å². The molecular weight excluding hydrogens is 232 g/mol. The standard InChI is InChI=1S/C13H20N2OS/c1-8-5-6-10(16-4)12-13(8)17-11(7-14)9(2)15(12)3/h5-6,9,11H,7,14H2,1-4H3. The summed E-state index contributed by atoms with van der Waals surface area (Å²) in [7, 11) is 3.84. The lowest BCUT2D eigenvalue weighted by Crippen LogP contribution is -2.44. The molecule has 0 radical (unpaired) electrons. The van der Waals surface area contributed by atoms with E-state index >= 15 is 0 Å². The van der Waals surface area contributed by atoms with E-state index in [-0.39, 0.29) is 0 Å². The number of anilines is 1. The van der Waals surface area contributed by atoms with Crippen molar-refractivity contribution in [2.75, 3.05) is 25.6 Å². The lowest BCUT2D eigenvalue weighted by molar-refractivity contribution is 0.411. The highest BCUT2D eigenvalue weighted by molar-refractivity contribution is 8.00. The second-order valence-corrected chi connectivity index (χ2v) is 5.76. The van der Waals surface area contributed by atoms with Crippen LogP contribution in [0.15, 0.2) is 17.0 Å². The van der Waals surface area contributed by atoms with Crippen molar-refractivity contribution in [3.63, 3.8) is 0 Å². The molecule has 2 rings (SSSR count). The van der Waals surface area contributed by atoms with Crippen molar-refractivity contribution >= 4 is 17.4 Å². The predicted molar refractivity (Wildman–Crippen MR) is 74.3 cm³/mol. The molecule has 1 aromatic rings. The molecule has 0 aromatic heterocycles. The smallest absolute Gasteiger partial charge is 0.143 e. The molecule has 2 N–H and O–H groups in total. The fourth-order valence-electron chi connectivity index (χ4n) is 2.25. The minimum atomic E-state index is 0.424. The van der Waals surface area contributed by atoms with Gasteiger partial charge < -0.3 is 15.4 Å². The van der Waals surface area contributed by atoms with Crippen molar-refractivity contribution in [2.24, 2.45) is 5.73 Å². The summed E-state index contributed by atoms with van der Waals surface area (Å²) >= 11 is 1.88. The highest BCUT2D eigenvalue weighted by atomic mass is 32.2. The van der Waals surface area contributed by atoms with Crippen LogP contribution in [-0.2, 0) is 0 Å². The molecule has 17 heavy (non-hydrogen) atoms. The Bertz CT molecular complexity index is 422. The zero-order valence-corrected chi connectivity index (χ0v) is 11.7. The summed E-state index contributed by atoms with van der Waals surface area (Å²) in [5, 5.41) is 0.443. The Morgan fingerprint density at radius 3 is 2.76 bits per heavy atom. The Morgan fingerprint density at radius 2 is 2.18 bits per heavy atom. The van der Waals surface area contributed by atoms with Crippen molar-refractivity contribution in [3.8, 4) is 5.75 Å². The third-order valence-electron chi connectivity index (χ3n) is 3.51. The lowest BCUT2D eigenvalue weighted by Gasteiger charge is -2.40. The second kappa shape index (κ2) is 4.78. The molecule has 0 bridgehead atoms. The van der Waals surface area contributed by atoms with E-state index in [9.17, 15) is 0 Å². The average molecular weight is 252 g/mol. The van der Waals surface area contributed by atoms with Gasteiger partial charge in [-0.3, -0.25) is 0 Å². The molecule has 3 nitrogen and oxygen atoms in total. The fourth-order valence-corrected chi connectivity index (χ4v) is 3.64. The van der Waals surface area contributed by atoms with Gasteiger partial charge in [-0.15, -0.1) is 11.8 Å². The van der Waals surface area contributed by atoms with E-state index < -0.39 is 0 Å². The van der Waals surface area contributed by atoms with Gasteiger partial charge in [-0.05, 0) is 25.5 Å². The van der Waals surface area contributed by atoms with Gasteiger partial charge in [0, 0.05) is 29.8 Å². The van der Waals surface area contributed by atoms with E-state index in [1.165, 1.54) is 16.1 Å². The van der Waals surface area contributed by atoms with Gasteiger partial charge in [0.25, 0.3) is 0 Å². The van der Waals surface area contributed by atoms with Gasteiger partial charge in [0.15, 0.2) is 0 Å². The summed E-state index contributed by atoms with van der Waals surface area (Å²) in [5.41, 5.74) is 8.35. The number of nitrogens with zero attached hydrogens (tertiary/aromatic N) is 1. The van der Waals surface area contributed by atoms with Crippen LogP contribution in [0, 0.1) is 6.92 Å². The number of benzene rings is 1. The zero-order chi connectivity index (χ0) is 12.6. The summed E-state index contributed by atoms with van der Waals surface area (Å²) in [6, 6.07) is 4.58. The number of nitrogens with two attached hydrogens (primary N) is 1. The first-order valence-corrected chi connectivity index (χ1v) is 6.75. The van der Waals surface area contributed by atoms with Crippen molar-refractivity contribution in [1.82, 2.24) is 0 Å². The van der Waals surface area contributed by atoms with Crippen LogP contribution in [0.5, 0.6) is 5.75 Å². The third-order valence-corrected chi connectivity index (χ3v) is 5.15. The first kappa shape index (κ1) is 12.6. The summed E-state index contributed by atoms with van der Waals surface area (Å²) < 4.78 is 5.47. The highest BCUT2D eigenvalue weighted by Crippen LogP contribution is 2.47. The van der Waals surface area contributed by atoms with Crippen LogP contribution in [0.2, 0.25) is 0 Å². The Hall–Kier alpha value is -0.870. The number of aryl methyl sites for hydroxylation is 1. The molecule has 0 amide bonds. The lowest BCUT2D eigenvalue weighted by atomic mass is 10.1. The van der Waals surface area contributed by atoms with Crippen molar-refractivity contribution in [2.45, 2.75) is 30.0 Å². The van der Waals surface area contributed by atoms with E-state index in [0.29, 0.717) is 17.8 Å². The van der Waals surface area contributed by atoms with Crippen LogP contribution in [0.1, 0.15) is 12.5 Å². The van der Waals surface area contributed by atoms with E-state index in [0.717, 1.165) is 5.75 Å². The van der Waals surface area contributed by atoms with Crippen LogP contribution < -0.4 is 15.4 Å². The summed E-state index contributed by atoms with van der Waals surface area (Å²) in [6.45, 7) is 5.06. The van der Waals surface area contributed by atoms with Gasteiger partial charge in [-0.1, -0.05) is 6.07 Å². The quantitative estimate of drug-likeness (QED) is 0.876. The molecule has 2 unspecified atom stereocenters. The van der Waals surface area contributed by atoms with E-state index in [1.54, 1.807) is 7.11 Å². The number of fused-ring (bicyclic) bond motifs is 1. The fraction of sp³-hybridized carbons (Fsp3) is 0.538. The Kier molecular flexibility index (Phi) is 3.54. The maximum absolute atomic E-state index is 5.85. The molecule has 1 aromatic carbocycles. The molecule has 4 heteroatoms.